The van der Waals surface area contributed by atoms with E-state index in [0.717, 1.165) is 43.2 Å². The van der Waals surface area contributed by atoms with E-state index in [0.29, 0.717) is 12.0 Å². The van der Waals surface area contributed by atoms with E-state index in [9.17, 15) is 4.79 Å². The second-order valence-corrected chi connectivity index (χ2v) is 11.1. The van der Waals surface area contributed by atoms with Crippen molar-refractivity contribution in [1.29, 1.82) is 0 Å². The first-order chi connectivity index (χ1) is 16.6. The van der Waals surface area contributed by atoms with Crippen LogP contribution in [0, 0.1) is 11.8 Å². The molecule has 0 aromatic heterocycles. The van der Waals surface area contributed by atoms with Crippen molar-refractivity contribution in [2.24, 2.45) is 11.8 Å². The van der Waals surface area contributed by atoms with Gasteiger partial charge < -0.3 is 14.2 Å². The van der Waals surface area contributed by atoms with Gasteiger partial charge in [0.05, 0.1) is 7.11 Å². The molecule has 0 amide bonds. The zero-order chi connectivity index (χ0) is 23.0. The van der Waals surface area contributed by atoms with E-state index >= 15 is 0 Å². The first-order valence-corrected chi connectivity index (χ1v) is 12.9. The summed E-state index contributed by atoms with van der Waals surface area (Å²) in [6.07, 6.45) is 5.41. The standard InChI is InChI=1S/C29H33NO4/c1-17(31)33-26-21(19-6-4-3-5-7-19)15-22-23-14-20-10-11-24(32-2)27-25(20)29(22,28(26)34-27)12-13-30(23)16-18-8-9-18/h3-7,10-11,18,21-23,26,28H,8-9,12-16H2,1-2H3/t21-,22?,23-,26+,28+,29+/m1/s1. The monoisotopic (exact) mass is 459 g/mol. The van der Waals surface area contributed by atoms with Crippen LogP contribution in [0.4, 0.5) is 0 Å². The predicted molar refractivity (Wildman–Crippen MR) is 128 cm³/mol. The number of nitrogens with zero attached hydrogens (tertiary/aromatic N) is 1. The number of piperidine rings is 1. The summed E-state index contributed by atoms with van der Waals surface area (Å²) >= 11 is 0. The van der Waals surface area contributed by atoms with Crippen LogP contribution in [0.2, 0.25) is 0 Å². The summed E-state index contributed by atoms with van der Waals surface area (Å²) in [5, 5.41) is 0. The Bertz CT molecular complexity index is 1130. The van der Waals surface area contributed by atoms with Crippen LogP contribution in [0.3, 0.4) is 0 Å². The van der Waals surface area contributed by atoms with Gasteiger partial charge in [0.15, 0.2) is 11.5 Å². The highest BCUT2D eigenvalue weighted by atomic mass is 16.6. The molecule has 0 radical (unpaired) electrons. The van der Waals surface area contributed by atoms with Crippen molar-refractivity contribution in [3.63, 3.8) is 0 Å². The number of esters is 1. The van der Waals surface area contributed by atoms with E-state index in [-0.39, 0.29) is 29.5 Å². The average molecular weight is 460 g/mol. The molecule has 2 aromatic carbocycles. The molecule has 6 atom stereocenters. The topological polar surface area (TPSA) is 48.0 Å². The molecule has 2 bridgehead atoms. The second-order valence-electron chi connectivity index (χ2n) is 11.1. The van der Waals surface area contributed by atoms with Crippen molar-refractivity contribution < 1.29 is 19.0 Å². The lowest BCUT2D eigenvalue weighted by atomic mass is 9.49. The summed E-state index contributed by atoms with van der Waals surface area (Å²) in [5.74, 6) is 2.94. The highest BCUT2D eigenvalue weighted by Crippen LogP contribution is 2.66. The van der Waals surface area contributed by atoms with Crippen LogP contribution < -0.4 is 9.47 Å². The van der Waals surface area contributed by atoms with Crippen molar-refractivity contribution in [2.75, 3.05) is 20.2 Å². The van der Waals surface area contributed by atoms with Crippen molar-refractivity contribution in [1.82, 2.24) is 4.90 Å². The zero-order valence-electron chi connectivity index (χ0n) is 20.0. The molecule has 3 fully saturated rings. The van der Waals surface area contributed by atoms with Gasteiger partial charge in [0.25, 0.3) is 0 Å². The maximum Gasteiger partial charge on any atom is 0.303 e. The third-order valence-electron chi connectivity index (χ3n) is 9.40. The molecule has 7 rings (SSSR count). The van der Waals surface area contributed by atoms with E-state index in [1.54, 1.807) is 7.11 Å². The molecule has 1 unspecified atom stereocenters. The van der Waals surface area contributed by atoms with Gasteiger partial charge in [-0.3, -0.25) is 9.69 Å². The van der Waals surface area contributed by atoms with E-state index in [1.807, 2.05) is 0 Å². The lowest BCUT2D eigenvalue weighted by Crippen LogP contribution is -2.68. The van der Waals surface area contributed by atoms with E-state index in [1.165, 1.54) is 43.0 Å². The third kappa shape index (κ3) is 2.85. The Morgan fingerprint density at radius 2 is 2.00 bits per heavy atom. The van der Waals surface area contributed by atoms with Crippen molar-refractivity contribution in [3.8, 4) is 11.5 Å². The van der Waals surface area contributed by atoms with Crippen LogP contribution in [0.25, 0.3) is 0 Å². The first kappa shape index (κ1) is 20.8. The molecule has 2 aliphatic heterocycles. The molecule has 2 heterocycles. The van der Waals surface area contributed by atoms with Crippen molar-refractivity contribution in [3.05, 3.63) is 59.2 Å². The number of methoxy groups -OCH3 is 1. The summed E-state index contributed by atoms with van der Waals surface area (Å²) in [6, 6.07) is 15.5. The van der Waals surface area contributed by atoms with Gasteiger partial charge in [0, 0.05) is 36.4 Å². The molecule has 34 heavy (non-hydrogen) atoms. The Morgan fingerprint density at radius 1 is 1.18 bits per heavy atom. The van der Waals surface area contributed by atoms with Crippen LogP contribution in [-0.4, -0.2) is 49.3 Å². The molecular formula is C29H33NO4. The van der Waals surface area contributed by atoms with Gasteiger partial charge in [-0.05, 0) is 67.7 Å². The molecule has 5 heteroatoms. The van der Waals surface area contributed by atoms with Crippen LogP contribution >= 0.6 is 0 Å². The number of benzene rings is 2. The van der Waals surface area contributed by atoms with Crippen LogP contribution in [0.15, 0.2) is 42.5 Å². The van der Waals surface area contributed by atoms with Crippen LogP contribution in [0.5, 0.6) is 11.5 Å². The van der Waals surface area contributed by atoms with E-state index in [2.05, 4.69) is 47.4 Å². The number of hydrogen-bond donors (Lipinski definition) is 0. The van der Waals surface area contributed by atoms with Gasteiger partial charge in [-0.25, -0.2) is 0 Å². The molecule has 5 aliphatic rings. The Kier molecular flexibility index (Phi) is 4.58. The molecule has 2 saturated carbocycles. The lowest BCUT2D eigenvalue weighted by molar-refractivity contribution is -0.168. The van der Waals surface area contributed by atoms with Gasteiger partial charge in [0.1, 0.15) is 12.2 Å². The number of ether oxygens (including phenoxy) is 3. The molecule has 2 aromatic rings. The Labute approximate surface area is 201 Å². The highest BCUT2D eigenvalue weighted by Gasteiger charge is 2.68. The third-order valence-corrected chi connectivity index (χ3v) is 9.40. The molecule has 5 nitrogen and oxygen atoms in total. The predicted octanol–water partition coefficient (Wildman–Crippen LogP) is 4.47. The van der Waals surface area contributed by atoms with Crippen molar-refractivity contribution in [2.45, 2.75) is 68.6 Å². The van der Waals surface area contributed by atoms with Crippen molar-refractivity contribution >= 4 is 5.97 Å². The number of hydrogen-bond acceptors (Lipinski definition) is 5. The molecule has 1 spiro atoms. The number of likely N-dealkylation sites (tertiary alicyclic amines) is 1. The van der Waals surface area contributed by atoms with Gasteiger partial charge >= 0.3 is 5.97 Å². The Balaban J connectivity index is 1.40. The number of carbonyl (C=O) groups is 1. The summed E-state index contributed by atoms with van der Waals surface area (Å²) in [4.78, 5) is 15.2. The van der Waals surface area contributed by atoms with E-state index in [4.69, 9.17) is 14.2 Å². The molecular weight excluding hydrogens is 426 g/mol. The highest BCUT2D eigenvalue weighted by molar-refractivity contribution is 5.67. The minimum atomic E-state index is -0.310. The molecule has 3 aliphatic carbocycles. The molecule has 0 N–H and O–H groups in total. The average Bonchev–Trinajstić information content (AvgIpc) is 3.59. The fourth-order valence-electron chi connectivity index (χ4n) is 7.94. The Morgan fingerprint density at radius 3 is 2.74 bits per heavy atom. The van der Waals surface area contributed by atoms with Gasteiger partial charge in [0.2, 0.25) is 0 Å². The zero-order valence-corrected chi connectivity index (χ0v) is 20.0. The fraction of sp³-hybridized carbons (Fsp3) is 0.552. The minimum absolute atomic E-state index is 0.117. The van der Waals surface area contributed by atoms with Gasteiger partial charge in [-0.15, -0.1) is 0 Å². The smallest absolute Gasteiger partial charge is 0.303 e. The normalized spacial score (nSPS) is 35.3. The SMILES string of the molecule is COc1ccc2c3c1O[C@H]1[C@@H](OC(C)=O)[C@@H](c4ccccc4)CC4[C@@H](C2)N(CC2CC2)CC[C@@]341. The fourth-order valence-corrected chi connectivity index (χ4v) is 7.94. The second kappa shape index (κ2) is 7.48. The maximum atomic E-state index is 12.4. The molecule has 178 valence electrons. The van der Waals surface area contributed by atoms with Gasteiger partial charge in [-0.1, -0.05) is 36.4 Å². The summed E-state index contributed by atoms with van der Waals surface area (Å²) < 4.78 is 18.8. The number of rotatable bonds is 5. The summed E-state index contributed by atoms with van der Waals surface area (Å²) in [6.45, 7) is 3.85. The lowest BCUT2D eigenvalue weighted by Gasteiger charge is -2.60. The summed E-state index contributed by atoms with van der Waals surface area (Å²) in [7, 11) is 1.72. The molecule has 1 saturated heterocycles. The van der Waals surface area contributed by atoms with Crippen LogP contribution in [0.1, 0.15) is 55.2 Å². The van der Waals surface area contributed by atoms with E-state index < -0.39 is 0 Å². The van der Waals surface area contributed by atoms with Gasteiger partial charge in [-0.2, -0.15) is 0 Å². The minimum Gasteiger partial charge on any atom is -0.493 e. The van der Waals surface area contributed by atoms with Crippen LogP contribution in [-0.2, 0) is 21.4 Å². The number of carbonyl (C=O) groups excluding carboxylic acids is 1. The Hall–Kier alpha value is -2.53. The summed E-state index contributed by atoms with van der Waals surface area (Å²) in [5.41, 5.74) is 3.88. The maximum absolute atomic E-state index is 12.4. The largest absolute Gasteiger partial charge is 0.493 e. The first-order valence-electron chi connectivity index (χ1n) is 12.9. The quantitative estimate of drug-likeness (QED) is 0.618.